The number of aliphatic imine (C=N–C) groups is 1. The zero-order chi connectivity index (χ0) is 35.5. The number of hydrazine groups is 1. The maximum absolute atomic E-state index is 13.9. The summed E-state index contributed by atoms with van der Waals surface area (Å²) < 4.78 is 13.3. The van der Waals surface area contributed by atoms with E-state index in [2.05, 4.69) is 44.9 Å². The van der Waals surface area contributed by atoms with Gasteiger partial charge >= 0.3 is 7.12 Å². The van der Waals surface area contributed by atoms with Gasteiger partial charge in [-0.25, -0.2) is 15.1 Å². The van der Waals surface area contributed by atoms with E-state index in [0.29, 0.717) is 43.9 Å². The number of hydrogen-bond donors (Lipinski definition) is 4. The first-order valence-corrected chi connectivity index (χ1v) is 18.3. The van der Waals surface area contributed by atoms with Crippen LogP contribution in [-0.2, 0) is 23.7 Å². The second kappa shape index (κ2) is 18.3. The third-order valence-corrected chi connectivity index (χ3v) is 11.0. The van der Waals surface area contributed by atoms with E-state index in [0.717, 1.165) is 64.2 Å². The Balaban J connectivity index is 1.55. The number of carbonyl (C=O) groups excluding carboxylic acids is 3. The number of amides is 2. The van der Waals surface area contributed by atoms with E-state index in [1.54, 1.807) is 0 Å². The Kier molecular flexibility index (Phi) is 15.1. The molecule has 0 spiro atoms. The molecule has 0 aromatic carbocycles. The number of nitrogens with one attached hydrogen (secondary N) is 2. The standard InChI is InChI=1S/C34H61BN6O7/c1-23(2)19-29(35-47-28-22-25-21-27(33(25,3)4)34(28,5)48-35)39-31(44)24(15-14-18-38-32(37)40-41(45)46)20-26(42)16-12-10-8-6-7-9-11-13-17-30(36)43/h23-25,27-29H,6-22H2,1-5H3,(H2,36,43)(H,39,44)(H3,37,38,40)/t24-,25+,27+,28-,29+,34+/m1/s1. The van der Waals surface area contributed by atoms with Crippen molar-refractivity contribution in [3.8, 4) is 0 Å². The maximum atomic E-state index is 13.9. The average Bonchev–Trinajstić information content (AvgIpc) is 3.35. The molecule has 3 aliphatic carbocycles. The normalized spacial score (nSPS) is 25.6. The van der Waals surface area contributed by atoms with Crippen LogP contribution in [-0.4, -0.2) is 59.9 Å². The first-order chi connectivity index (χ1) is 22.6. The van der Waals surface area contributed by atoms with Crippen molar-refractivity contribution >= 4 is 30.7 Å². The van der Waals surface area contributed by atoms with Crippen LogP contribution in [0.1, 0.15) is 137 Å². The van der Waals surface area contributed by atoms with Crippen molar-refractivity contribution in [3.05, 3.63) is 10.1 Å². The fraction of sp³-hybridized carbons (Fsp3) is 0.882. The number of ketones is 1. The van der Waals surface area contributed by atoms with Crippen LogP contribution in [0.15, 0.2) is 4.99 Å². The summed E-state index contributed by atoms with van der Waals surface area (Å²) in [6, 6.07) is 0. The summed E-state index contributed by atoms with van der Waals surface area (Å²) in [4.78, 5) is 52.4. The Bertz CT molecular complexity index is 1140. The molecule has 1 saturated heterocycles. The molecule has 6 N–H and O–H groups in total. The molecule has 4 rings (SSSR count). The van der Waals surface area contributed by atoms with Crippen LogP contribution in [0.2, 0.25) is 0 Å². The molecule has 14 heteroatoms. The minimum atomic E-state index is -0.774. The van der Waals surface area contributed by atoms with E-state index in [9.17, 15) is 24.5 Å². The Morgan fingerprint density at radius 3 is 2.19 bits per heavy atom. The summed E-state index contributed by atoms with van der Waals surface area (Å²) in [5, 5.41) is 13.1. The first kappa shape index (κ1) is 39.7. The predicted octanol–water partition coefficient (Wildman–Crippen LogP) is 4.62. The molecule has 0 aromatic heterocycles. The molecular formula is C34H61BN6O7. The summed E-state index contributed by atoms with van der Waals surface area (Å²) in [5.74, 6) is -0.321. The smallest absolute Gasteiger partial charge is 0.404 e. The third kappa shape index (κ3) is 11.4. The first-order valence-electron chi connectivity index (χ1n) is 18.3. The number of rotatable bonds is 23. The molecule has 0 unspecified atom stereocenters. The number of nitro groups is 1. The van der Waals surface area contributed by atoms with Crippen molar-refractivity contribution in [2.75, 3.05) is 6.54 Å². The second-order valence-corrected chi connectivity index (χ2v) is 15.6. The molecule has 1 heterocycles. The van der Waals surface area contributed by atoms with Crippen molar-refractivity contribution in [2.24, 2.45) is 45.5 Å². The van der Waals surface area contributed by atoms with Crippen LogP contribution in [0.25, 0.3) is 0 Å². The second-order valence-electron chi connectivity index (χ2n) is 15.6. The van der Waals surface area contributed by atoms with E-state index < -0.39 is 18.1 Å². The van der Waals surface area contributed by atoms with Gasteiger partial charge in [0.25, 0.3) is 5.96 Å². The van der Waals surface area contributed by atoms with Crippen molar-refractivity contribution in [2.45, 2.75) is 155 Å². The number of Topliss-reactive ketones (excluding diaryl/α,β-unsaturated/α-hetero) is 1. The highest BCUT2D eigenvalue weighted by atomic mass is 16.7. The molecule has 2 bridgehead atoms. The minimum Gasteiger partial charge on any atom is -0.404 e. The van der Waals surface area contributed by atoms with E-state index in [4.69, 9.17) is 20.8 Å². The minimum absolute atomic E-state index is 0.00106. The Labute approximate surface area is 287 Å². The maximum Gasteiger partial charge on any atom is 0.481 e. The van der Waals surface area contributed by atoms with Crippen molar-refractivity contribution in [1.29, 1.82) is 0 Å². The number of nitrogens with two attached hydrogens (primary N) is 2. The number of primary amides is 1. The van der Waals surface area contributed by atoms with Crippen LogP contribution in [0, 0.1) is 39.2 Å². The molecule has 3 saturated carbocycles. The van der Waals surface area contributed by atoms with Gasteiger partial charge in [0.15, 0.2) is 5.03 Å². The zero-order valence-electron chi connectivity index (χ0n) is 30.0. The highest BCUT2D eigenvalue weighted by Gasteiger charge is 2.68. The third-order valence-electron chi connectivity index (χ3n) is 11.0. The molecule has 6 atom stereocenters. The monoisotopic (exact) mass is 676 g/mol. The molecule has 0 aromatic rings. The fourth-order valence-corrected chi connectivity index (χ4v) is 8.17. The van der Waals surface area contributed by atoms with Gasteiger partial charge in [-0.1, -0.05) is 71.6 Å². The number of hydrogen-bond acceptors (Lipinski definition) is 8. The molecule has 4 fully saturated rings. The number of carbonyl (C=O) groups is 3. The Hall–Kier alpha value is -2.74. The van der Waals surface area contributed by atoms with Gasteiger partial charge in [-0.05, 0) is 75.0 Å². The van der Waals surface area contributed by atoms with Gasteiger partial charge in [0, 0.05) is 31.7 Å². The van der Waals surface area contributed by atoms with Gasteiger partial charge in [-0.15, -0.1) is 0 Å². The lowest BCUT2D eigenvalue weighted by atomic mass is 9.43. The quantitative estimate of drug-likeness (QED) is 0.0297. The summed E-state index contributed by atoms with van der Waals surface area (Å²) in [6.45, 7) is 11.2. The summed E-state index contributed by atoms with van der Waals surface area (Å²) >= 11 is 0. The lowest BCUT2D eigenvalue weighted by molar-refractivity contribution is -0.525. The number of guanidine groups is 1. The van der Waals surface area contributed by atoms with E-state index in [1.165, 1.54) is 0 Å². The van der Waals surface area contributed by atoms with Crippen molar-refractivity contribution < 1.29 is 28.7 Å². The van der Waals surface area contributed by atoms with Crippen LogP contribution in [0.5, 0.6) is 0 Å². The number of unbranched alkanes of at least 4 members (excludes halogenated alkanes) is 7. The van der Waals surface area contributed by atoms with Gasteiger partial charge in [0.05, 0.1) is 17.6 Å². The van der Waals surface area contributed by atoms with E-state index >= 15 is 0 Å². The van der Waals surface area contributed by atoms with Gasteiger partial charge in [-0.3, -0.25) is 14.4 Å². The average molecular weight is 677 g/mol. The summed E-state index contributed by atoms with van der Waals surface area (Å²) in [5.41, 5.74) is 12.4. The van der Waals surface area contributed by atoms with Crippen LogP contribution in [0.3, 0.4) is 0 Å². The summed E-state index contributed by atoms with van der Waals surface area (Å²) in [6.07, 6.45) is 12.5. The van der Waals surface area contributed by atoms with Gasteiger partial charge in [0.1, 0.15) is 5.78 Å². The summed E-state index contributed by atoms with van der Waals surface area (Å²) in [7, 11) is -0.557. The molecule has 0 radical (unpaired) electrons. The lowest BCUT2D eigenvalue weighted by Crippen LogP contribution is -2.65. The lowest BCUT2D eigenvalue weighted by Gasteiger charge is -2.64. The van der Waals surface area contributed by atoms with Crippen molar-refractivity contribution in [3.63, 3.8) is 0 Å². The molecular weight excluding hydrogens is 615 g/mol. The molecule has 272 valence electrons. The van der Waals surface area contributed by atoms with Crippen molar-refractivity contribution in [1.82, 2.24) is 10.7 Å². The van der Waals surface area contributed by atoms with Gasteiger partial charge < -0.3 is 26.1 Å². The van der Waals surface area contributed by atoms with Crippen LogP contribution >= 0.6 is 0 Å². The van der Waals surface area contributed by atoms with E-state index in [1.807, 2.05) is 5.43 Å². The zero-order valence-corrected chi connectivity index (χ0v) is 30.0. The molecule has 4 aliphatic rings. The van der Waals surface area contributed by atoms with E-state index in [-0.39, 0.29) is 65.5 Å². The van der Waals surface area contributed by atoms with Gasteiger partial charge in [0.2, 0.25) is 11.8 Å². The topological polar surface area (TPSA) is 201 Å². The van der Waals surface area contributed by atoms with Crippen LogP contribution in [0.4, 0.5) is 0 Å². The Morgan fingerprint density at radius 2 is 1.60 bits per heavy atom. The molecule has 1 aliphatic heterocycles. The highest BCUT2D eigenvalue weighted by Crippen LogP contribution is 2.65. The predicted molar refractivity (Wildman–Crippen MR) is 186 cm³/mol. The van der Waals surface area contributed by atoms with Crippen LogP contribution < -0.4 is 22.2 Å². The fourth-order valence-electron chi connectivity index (χ4n) is 8.17. The van der Waals surface area contributed by atoms with Gasteiger partial charge in [-0.2, -0.15) is 0 Å². The molecule has 13 nitrogen and oxygen atoms in total. The largest absolute Gasteiger partial charge is 0.481 e. The number of nitrogens with zero attached hydrogens (tertiary/aromatic N) is 2. The highest BCUT2D eigenvalue weighted by molar-refractivity contribution is 6.47. The SMILES string of the molecule is CC(C)C[C@H](NC(=O)[C@H](CCCN=C(N)N[N+](=O)[O-])CC(=O)CCCCCCCCCCC(N)=O)B1O[C@@H]2C[C@@H]3C[C@@H](C3(C)C)[C@]2(C)O1. The molecule has 48 heavy (non-hydrogen) atoms. The Morgan fingerprint density at radius 1 is 0.979 bits per heavy atom. The molecule has 2 amide bonds.